The number of carbonyl (C=O) groups is 2. The second-order valence-corrected chi connectivity index (χ2v) is 9.41. The summed E-state index contributed by atoms with van der Waals surface area (Å²) in [5.41, 5.74) is -3.16. The van der Waals surface area contributed by atoms with Crippen LogP contribution in [0.2, 0.25) is 0 Å². The number of halogens is 3. The zero-order chi connectivity index (χ0) is 24.2. The zero-order valence-corrected chi connectivity index (χ0v) is 18.9. The van der Waals surface area contributed by atoms with Gasteiger partial charge in [-0.25, -0.2) is 0 Å². The third-order valence-corrected chi connectivity index (χ3v) is 5.18. The first kappa shape index (κ1) is 24.4. The second-order valence-electron chi connectivity index (χ2n) is 8.27. The van der Waals surface area contributed by atoms with Gasteiger partial charge < -0.3 is 15.2 Å². The number of benzene rings is 2. The first-order valence-electron chi connectivity index (χ1n) is 9.92. The summed E-state index contributed by atoms with van der Waals surface area (Å²) in [5, 5.41) is 9.21. The summed E-state index contributed by atoms with van der Waals surface area (Å²) in [5.74, 6) is 0.280. The van der Waals surface area contributed by atoms with Crippen molar-refractivity contribution in [1.82, 2.24) is 5.16 Å². The lowest BCUT2D eigenvalue weighted by molar-refractivity contribution is -0.115. The number of nitrogens with zero attached hydrogens (tertiary/aromatic N) is 1. The minimum Gasteiger partial charge on any atom is -0.359 e. The van der Waals surface area contributed by atoms with Crippen molar-refractivity contribution in [3.05, 3.63) is 71.5 Å². The molecule has 0 unspecified atom stereocenters. The van der Waals surface area contributed by atoms with Gasteiger partial charge in [-0.05, 0) is 53.7 Å². The van der Waals surface area contributed by atoms with Gasteiger partial charge in [-0.3, -0.25) is 9.59 Å². The SMILES string of the molecule is CC(C)(C)c1cc(NC(=O)Cc2ccc(NC(=O)c3ccc(SC(F)(F)F)cc3)cc2)no1. The molecule has 0 atom stereocenters. The molecule has 0 aliphatic rings. The van der Waals surface area contributed by atoms with Crippen LogP contribution in [0, 0.1) is 0 Å². The number of nitrogens with one attached hydrogen (secondary N) is 2. The largest absolute Gasteiger partial charge is 0.446 e. The number of anilines is 2. The molecular weight excluding hydrogens is 455 g/mol. The molecule has 3 rings (SSSR count). The quantitative estimate of drug-likeness (QED) is 0.424. The van der Waals surface area contributed by atoms with Gasteiger partial charge in [0, 0.05) is 27.6 Å². The molecular formula is C23H22F3N3O3S. The predicted molar refractivity (Wildman–Crippen MR) is 120 cm³/mol. The first-order valence-corrected chi connectivity index (χ1v) is 10.7. The molecule has 0 aliphatic carbocycles. The molecule has 1 aromatic heterocycles. The molecule has 0 saturated carbocycles. The Morgan fingerprint density at radius 3 is 2.15 bits per heavy atom. The van der Waals surface area contributed by atoms with Gasteiger partial charge in [0.05, 0.1) is 6.42 Å². The van der Waals surface area contributed by atoms with Crippen LogP contribution >= 0.6 is 11.8 Å². The summed E-state index contributed by atoms with van der Waals surface area (Å²) in [6.07, 6.45) is 0.101. The molecule has 6 nitrogen and oxygen atoms in total. The minimum atomic E-state index is -4.38. The van der Waals surface area contributed by atoms with Crippen molar-refractivity contribution in [1.29, 1.82) is 0 Å². The topological polar surface area (TPSA) is 84.2 Å². The lowest BCUT2D eigenvalue weighted by atomic mass is 9.93. The molecule has 33 heavy (non-hydrogen) atoms. The minimum absolute atomic E-state index is 0.00179. The molecule has 2 aromatic carbocycles. The van der Waals surface area contributed by atoms with Crippen molar-refractivity contribution in [2.75, 3.05) is 10.6 Å². The number of hydrogen-bond donors (Lipinski definition) is 2. The van der Waals surface area contributed by atoms with E-state index in [0.29, 0.717) is 17.3 Å². The summed E-state index contributed by atoms with van der Waals surface area (Å²) < 4.78 is 42.5. The highest BCUT2D eigenvalue weighted by Crippen LogP contribution is 2.36. The van der Waals surface area contributed by atoms with E-state index in [0.717, 1.165) is 5.56 Å². The number of rotatable bonds is 6. The van der Waals surface area contributed by atoms with E-state index in [2.05, 4.69) is 15.8 Å². The lowest BCUT2D eigenvalue weighted by Gasteiger charge is -2.12. The van der Waals surface area contributed by atoms with Gasteiger partial charge >= 0.3 is 5.51 Å². The maximum atomic E-state index is 12.4. The Bertz CT molecular complexity index is 1120. The van der Waals surface area contributed by atoms with Crippen LogP contribution in [0.5, 0.6) is 0 Å². The standard InChI is InChI=1S/C23H22F3N3O3S/c1-22(2,3)18-13-19(29-32-18)28-20(30)12-14-4-8-16(9-5-14)27-21(31)15-6-10-17(11-7-15)33-23(24,25)26/h4-11,13H,12H2,1-3H3,(H,27,31)(H,28,29,30). The van der Waals surface area contributed by atoms with Gasteiger partial charge in [-0.15, -0.1) is 0 Å². The van der Waals surface area contributed by atoms with Crippen molar-refractivity contribution in [3.8, 4) is 0 Å². The highest BCUT2D eigenvalue weighted by Gasteiger charge is 2.29. The van der Waals surface area contributed by atoms with Crippen LogP contribution in [0.4, 0.5) is 24.7 Å². The molecule has 1 heterocycles. The van der Waals surface area contributed by atoms with E-state index in [1.807, 2.05) is 20.8 Å². The summed E-state index contributed by atoms with van der Waals surface area (Å²) in [6.45, 7) is 5.92. The van der Waals surface area contributed by atoms with E-state index in [4.69, 9.17) is 4.52 Å². The number of aromatic nitrogens is 1. The Morgan fingerprint density at radius 1 is 0.970 bits per heavy atom. The van der Waals surface area contributed by atoms with Crippen molar-refractivity contribution >= 4 is 35.1 Å². The maximum absolute atomic E-state index is 12.4. The molecule has 0 aliphatic heterocycles. The Balaban J connectivity index is 1.54. The van der Waals surface area contributed by atoms with Gasteiger partial charge in [-0.2, -0.15) is 13.2 Å². The fraction of sp³-hybridized carbons (Fsp3) is 0.261. The van der Waals surface area contributed by atoms with Crippen LogP contribution in [0.15, 0.2) is 64.0 Å². The third kappa shape index (κ3) is 7.38. The van der Waals surface area contributed by atoms with Gasteiger partial charge in [0.1, 0.15) is 5.76 Å². The highest BCUT2D eigenvalue weighted by molar-refractivity contribution is 8.00. The molecule has 2 amide bonds. The van der Waals surface area contributed by atoms with E-state index in [1.165, 1.54) is 24.3 Å². The number of thioether (sulfide) groups is 1. The molecule has 0 radical (unpaired) electrons. The Labute approximate surface area is 192 Å². The zero-order valence-electron chi connectivity index (χ0n) is 18.1. The van der Waals surface area contributed by atoms with E-state index < -0.39 is 11.4 Å². The van der Waals surface area contributed by atoms with E-state index >= 15 is 0 Å². The predicted octanol–water partition coefficient (Wildman–Crippen LogP) is 6.02. The number of alkyl halides is 3. The number of amides is 2. The number of hydrogen-bond acceptors (Lipinski definition) is 5. The first-order chi connectivity index (χ1) is 15.4. The van der Waals surface area contributed by atoms with Crippen LogP contribution in [0.1, 0.15) is 42.5 Å². The Kier molecular flexibility index (Phi) is 7.16. The number of carbonyl (C=O) groups excluding carboxylic acids is 2. The van der Waals surface area contributed by atoms with Gasteiger partial charge in [0.25, 0.3) is 5.91 Å². The fourth-order valence-electron chi connectivity index (χ4n) is 2.78. The maximum Gasteiger partial charge on any atom is 0.446 e. The highest BCUT2D eigenvalue weighted by atomic mass is 32.2. The summed E-state index contributed by atoms with van der Waals surface area (Å²) in [4.78, 5) is 24.6. The van der Waals surface area contributed by atoms with Crippen molar-refractivity contribution in [3.63, 3.8) is 0 Å². The summed E-state index contributed by atoms with van der Waals surface area (Å²) in [7, 11) is 0. The average molecular weight is 478 g/mol. The Hall–Kier alpha value is -3.27. The molecule has 10 heteroatoms. The summed E-state index contributed by atoms with van der Waals surface area (Å²) in [6, 6.07) is 13.5. The van der Waals surface area contributed by atoms with Gasteiger partial charge in [0.2, 0.25) is 5.91 Å². The van der Waals surface area contributed by atoms with Crippen LogP contribution in [0.3, 0.4) is 0 Å². The van der Waals surface area contributed by atoms with Crippen LogP contribution in [-0.2, 0) is 16.6 Å². The average Bonchev–Trinajstić information content (AvgIpc) is 3.17. The van der Waals surface area contributed by atoms with Crippen LogP contribution in [0.25, 0.3) is 0 Å². The fourth-order valence-corrected chi connectivity index (χ4v) is 3.32. The van der Waals surface area contributed by atoms with Crippen molar-refractivity contribution in [2.24, 2.45) is 0 Å². The summed E-state index contributed by atoms with van der Waals surface area (Å²) >= 11 is -0.240. The molecule has 0 bridgehead atoms. The molecule has 3 aromatic rings. The van der Waals surface area contributed by atoms with Crippen LogP contribution < -0.4 is 10.6 Å². The normalized spacial score (nSPS) is 11.8. The lowest BCUT2D eigenvalue weighted by Crippen LogP contribution is -2.15. The third-order valence-electron chi connectivity index (χ3n) is 4.44. The van der Waals surface area contributed by atoms with Gasteiger partial charge in [0.15, 0.2) is 5.82 Å². The second kappa shape index (κ2) is 9.70. The van der Waals surface area contributed by atoms with Gasteiger partial charge in [-0.1, -0.05) is 38.1 Å². The monoisotopic (exact) mass is 477 g/mol. The van der Waals surface area contributed by atoms with Crippen molar-refractivity contribution in [2.45, 2.75) is 43.0 Å². The molecule has 0 saturated heterocycles. The van der Waals surface area contributed by atoms with Crippen LogP contribution in [-0.4, -0.2) is 22.5 Å². The van der Waals surface area contributed by atoms with E-state index in [-0.39, 0.29) is 40.0 Å². The Morgan fingerprint density at radius 2 is 1.61 bits per heavy atom. The smallest absolute Gasteiger partial charge is 0.359 e. The molecule has 0 fully saturated rings. The molecule has 174 valence electrons. The van der Waals surface area contributed by atoms with E-state index in [1.54, 1.807) is 30.3 Å². The van der Waals surface area contributed by atoms with E-state index in [9.17, 15) is 22.8 Å². The molecule has 0 spiro atoms. The molecule has 2 N–H and O–H groups in total. The van der Waals surface area contributed by atoms with Crippen molar-refractivity contribution < 1.29 is 27.3 Å².